The number of aromatic nitrogens is 1. The van der Waals surface area contributed by atoms with Crippen LogP contribution in [0.5, 0.6) is 5.75 Å². The molecule has 1 heterocycles. The number of benzene rings is 1. The smallest absolute Gasteiger partial charge is 0.266 e. The second kappa shape index (κ2) is 5.46. The number of hydrogen-bond acceptors (Lipinski definition) is 4. The van der Waals surface area contributed by atoms with Crippen LogP contribution in [0.3, 0.4) is 0 Å². The van der Waals surface area contributed by atoms with E-state index in [1.807, 2.05) is 0 Å². The standard InChI is InChI=1S/C13H13FN2O3S/c1-9-4-3-7-15-13(9)16-20(17,18)12-8-10(14)5-6-11(12)19-2/h3-8H,1-2H3,(H,15,16). The topological polar surface area (TPSA) is 68.3 Å². The van der Waals surface area contributed by atoms with E-state index < -0.39 is 15.8 Å². The van der Waals surface area contributed by atoms with Gasteiger partial charge in [0.25, 0.3) is 10.0 Å². The average molecular weight is 296 g/mol. The van der Waals surface area contributed by atoms with Crippen molar-refractivity contribution in [1.82, 2.24) is 4.98 Å². The average Bonchev–Trinajstić information content (AvgIpc) is 2.41. The van der Waals surface area contributed by atoms with Gasteiger partial charge in [-0.2, -0.15) is 0 Å². The molecule has 1 aromatic heterocycles. The predicted octanol–water partition coefficient (Wildman–Crippen LogP) is 2.34. The molecule has 2 rings (SSSR count). The van der Waals surface area contributed by atoms with Gasteiger partial charge >= 0.3 is 0 Å². The maximum Gasteiger partial charge on any atom is 0.266 e. The molecule has 0 spiro atoms. The molecule has 0 aliphatic rings. The second-order valence-electron chi connectivity index (χ2n) is 4.07. The van der Waals surface area contributed by atoms with E-state index in [1.54, 1.807) is 19.1 Å². The van der Waals surface area contributed by atoms with E-state index in [0.29, 0.717) is 5.56 Å². The summed E-state index contributed by atoms with van der Waals surface area (Å²) in [6, 6.07) is 6.70. The zero-order valence-corrected chi connectivity index (χ0v) is 11.7. The van der Waals surface area contributed by atoms with Gasteiger partial charge in [0.2, 0.25) is 0 Å². The quantitative estimate of drug-likeness (QED) is 0.940. The van der Waals surface area contributed by atoms with Crippen LogP contribution in [0.2, 0.25) is 0 Å². The maximum absolute atomic E-state index is 13.3. The van der Waals surface area contributed by atoms with Gasteiger partial charge in [0.05, 0.1) is 7.11 Å². The van der Waals surface area contributed by atoms with Gasteiger partial charge in [0, 0.05) is 6.20 Å². The number of anilines is 1. The minimum absolute atomic E-state index is 0.0625. The van der Waals surface area contributed by atoms with Gasteiger partial charge in [-0.25, -0.2) is 17.8 Å². The Hall–Kier alpha value is -2.15. The number of pyridine rings is 1. The molecular formula is C13H13FN2O3S. The number of nitrogens with zero attached hydrogens (tertiary/aromatic N) is 1. The first-order valence-corrected chi connectivity index (χ1v) is 7.20. The van der Waals surface area contributed by atoms with Crippen LogP contribution in [-0.2, 0) is 10.0 Å². The van der Waals surface area contributed by atoms with Crippen LogP contribution in [-0.4, -0.2) is 20.5 Å². The maximum atomic E-state index is 13.3. The van der Waals surface area contributed by atoms with E-state index in [2.05, 4.69) is 9.71 Å². The van der Waals surface area contributed by atoms with Crippen molar-refractivity contribution < 1.29 is 17.5 Å². The van der Waals surface area contributed by atoms with Gasteiger partial charge < -0.3 is 4.74 Å². The molecule has 0 atom stereocenters. The summed E-state index contributed by atoms with van der Waals surface area (Å²) in [7, 11) is -2.66. The lowest BCUT2D eigenvalue weighted by Crippen LogP contribution is -2.16. The monoisotopic (exact) mass is 296 g/mol. The number of sulfonamides is 1. The largest absolute Gasteiger partial charge is 0.495 e. The molecule has 0 fully saturated rings. The van der Waals surface area contributed by atoms with Crippen molar-refractivity contribution in [3.05, 3.63) is 47.9 Å². The summed E-state index contributed by atoms with van der Waals surface area (Å²) in [4.78, 5) is 3.67. The van der Waals surface area contributed by atoms with Gasteiger partial charge in [-0.15, -0.1) is 0 Å². The molecule has 7 heteroatoms. The first-order chi connectivity index (χ1) is 9.44. The van der Waals surface area contributed by atoms with Crippen molar-refractivity contribution in [3.63, 3.8) is 0 Å². The van der Waals surface area contributed by atoms with Crippen LogP contribution >= 0.6 is 0 Å². The summed E-state index contributed by atoms with van der Waals surface area (Å²) >= 11 is 0. The van der Waals surface area contributed by atoms with Crippen molar-refractivity contribution in [2.75, 3.05) is 11.8 Å². The first-order valence-electron chi connectivity index (χ1n) is 5.72. The van der Waals surface area contributed by atoms with Crippen molar-refractivity contribution in [1.29, 1.82) is 0 Å². The lowest BCUT2D eigenvalue weighted by molar-refractivity contribution is 0.401. The van der Waals surface area contributed by atoms with E-state index in [4.69, 9.17) is 4.74 Å². The number of methoxy groups -OCH3 is 1. The molecule has 1 N–H and O–H groups in total. The van der Waals surface area contributed by atoms with Gasteiger partial charge in [0.1, 0.15) is 22.3 Å². The minimum Gasteiger partial charge on any atom is -0.495 e. The van der Waals surface area contributed by atoms with Crippen molar-refractivity contribution >= 4 is 15.8 Å². The number of nitrogens with one attached hydrogen (secondary N) is 1. The van der Waals surface area contributed by atoms with Crippen molar-refractivity contribution in [2.45, 2.75) is 11.8 Å². The molecule has 0 aliphatic carbocycles. The van der Waals surface area contributed by atoms with Crippen molar-refractivity contribution in [3.8, 4) is 5.75 Å². The zero-order valence-electron chi connectivity index (χ0n) is 10.9. The lowest BCUT2D eigenvalue weighted by atomic mass is 10.3. The Bertz CT molecular complexity index is 732. The Morgan fingerprint density at radius 1 is 1.30 bits per heavy atom. The van der Waals surface area contributed by atoms with Crippen LogP contribution in [0.15, 0.2) is 41.4 Å². The number of rotatable bonds is 4. The molecule has 0 unspecified atom stereocenters. The summed E-state index contributed by atoms with van der Waals surface area (Å²) in [5.74, 6) is -0.407. The van der Waals surface area contributed by atoms with Gasteiger partial charge in [-0.05, 0) is 36.8 Å². The summed E-state index contributed by atoms with van der Waals surface area (Å²) in [5, 5.41) is 0. The molecule has 0 aliphatic heterocycles. The molecule has 0 bridgehead atoms. The lowest BCUT2D eigenvalue weighted by Gasteiger charge is -2.12. The number of halogens is 1. The highest BCUT2D eigenvalue weighted by Gasteiger charge is 2.21. The van der Waals surface area contributed by atoms with Crippen LogP contribution < -0.4 is 9.46 Å². The highest BCUT2D eigenvalue weighted by Crippen LogP contribution is 2.26. The van der Waals surface area contributed by atoms with Gasteiger partial charge in [0.15, 0.2) is 0 Å². The Labute approximate surface area is 116 Å². The van der Waals surface area contributed by atoms with Crippen LogP contribution in [0.4, 0.5) is 10.2 Å². The summed E-state index contributed by atoms with van der Waals surface area (Å²) < 4.78 is 45.1. The Morgan fingerprint density at radius 2 is 2.05 bits per heavy atom. The van der Waals surface area contributed by atoms with E-state index in [1.165, 1.54) is 19.4 Å². The minimum atomic E-state index is -3.98. The highest BCUT2D eigenvalue weighted by atomic mass is 32.2. The molecule has 106 valence electrons. The molecule has 5 nitrogen and oxygen atoms in total. The highest BCUT2D eigenvalue weighted by molar-refractivity contribution is 7.92. The van der Waals surface area contributed by atoms with E-state index >= 15 is 0 Å². The molecular weight excluding hydrogens is 283 g/mol. The molecule has 20 heavy (non-hydrogen) atoms. The zero-order chi connectivity index (χ0) is 14.8. The molecule has 0 saturated heterocycles. The van der Waals surface area contributed by atoms with E-state index in [9.17, 15) is 12.8 Å². The first kappa shape index (κ1) is 14.3. The fourth-order valence-corrected chi connectivity index (χ4v) is 2.90. The SMILES string of the molecule is COc1ccc(F)cc1S(=O)(=O)Nc1ncccc1C. The third-order valence-corrected chi connectivity index (χ3v) is 4.02. The number of hydrogen-bond donors (Lipinski definition) is 1. The third kappa shape index (κ3) is 2.88. The van der Waals surface area contributed by atoms with Crippen molar-refractivity contribution in [2.24, 2.45) is 0 Å². The molecule has 0 amide bonds. The Kier molecular flexibility index (Phi) is 3.89. The summed E-state index contributed by atoms with van der Waals surface area (Å²) in [6.45, 7) is 1.72. The number of aryl methyl sites for hydroxylation is 1. The predicted molar refractivity (Wildman–Crippen MR) is 72.7 cm³/mol. The fraction of sp³-hybridized carbons (Fsp3) is 0.154. The van der Waals surface area contributed by atoms with Crippen LogP contribution in [0.1, 0.15) is 5.56 Å². The molecule has 2 aromatic rings. The molecule has 0 radical (unpaired) electrons. The van der Waals surface area contributed by atoms with E-state index in [-0.39, 0.29) is 16.5 Å². The fourth-order valence-electron chi connectivity index (χ4n) is 1.64. The Balaban J connectivity index is 2.46. The van der Waals surface area contributed by atoms with Gasteiger partial charge in [-0.3, -0.25) is 4.72 Å². The van der Waals surface area contributed by atoms with Crippen LogP contribution in [0.25, 0.3) is 0 Å². The normalized spacial score (nSPS) is 11.2. The second-order valence-corrected chi connectivity index (χ2v) is 5.72. The third-order valence-electron chi connectivity index (χ3n) is 2.66. The van der Waals surface area contributed by atoms with Crippen LogP contribution in [0, 0.1) is 12.7 Å². The Morgan fingerprint density at radius 3 is 2.70 bits per heavy atom. The van der Waals surface area contributed by atoms with E-state index in [0.717, 1.165) is 12.1 Å². The van der Waals surface area contributed by atoms with Gasteiger partial charge in [-0.1, -0.05) is 6.07 Å². The molecule has 0 saturated carbocycles. The molecule has 1 aromatic carbocycles. The summed E-state index contributed by atoms with van der Waals surface area (Å²) in [5.41, 5.74) is 0.659. The summed E-state index contributed by atoms with van der Waals surface area (Å²) in [6.07, 6.45) is 1.47. The number of ether oxygens (including phenoxy) is 1.